The van der Waals surface area contributed by atoms with E-state index < -0.39 is 21.4 Å². The van der Waals surface area contributed by atoms with Crippen LogP contribution in [-0.4, -0.2) is 43.1 Å². The lowest BCUT2D eigenvalue weighted by atomic mass is 10.1. The first-order valence-corrected chi connectivity index (χ1v) is 5.89. The predicted molar refractivity (Wildman–Crippen MR) is 44.6 cm³/mol. The number of aliphatic carboxylic acids is 1. The average molecular weight is 205 g/mol. The van der Waals surface area contributed by atoms with Gasteiger partial charge in [0.05, 0.1) is 11.7 Å². The Balaban J connectivity index is 2.18. The molecule has 1 aliphatic heterocycles. The van der Waals surface area contributed by atoms with Gasteiger partial charge >= 0.3 is 5.97 Å². The van der Waals surface area contributed by atoms with Gasteiger partial charge in [0.1, 0.15) is 0 Å². The van der Waals surface area contributed by atoms with Gasteiger partial charge < -0.3 is 5.11 Å². The second kappa shape index (κ2) is 2.24. The first-order chi connectivity index (χ1) is 5.86. The van der Waals surface area contributed by atoms with Gasteiger partial charge in [0.2, 0.25) is 10.0 Å². The highest BCUT2D eigenvalue weighted by atomic mass is 32.2. The molecule has 13 heavy (non-hydrogen) atoms. The molecule has 1 saturated heterocycles. The van der Waals surface area contributed by atoms with Crippen molar-refractivity contribution in [3.05, 3.63) is 0 Å². The van der Waals surface area contributed by atoms with Gasteiger partial charge in [-0.05, 0) is 12.3 Å². The number of piperidine rings is 1. The minimum absolute atomic E-state index is 0.0414. The van der Waals surface area contributed by atoms with E-state index in [9.17, 15) is 13.2 Å². The second-order valence-corrected chi connectivity index (χ2v) is 5.90. The van der Waals surface area contributed by atoms with Gasteiger partial charge in [-0.1, -0.05) is 0 Å². The van der Waals surface area contributed by atoms with E-state index in [0.717, 1.165) is 6.26 Å². The Morgan fingerprint density at radius 1 is 1.62 bits per heavy atom. The predicted octanol–water partition coefficient (Wildman–Crippen LogP) is -0.648. The molecule has 2 unspecified atom stereocenters. The minimum atomic E-state index is -3.21. The van der Waals surface area contributed by atoms with E-state index in [1.807, 2.05) is 0 Å². The monoisotopic (exact) mass is 205 g/mol. The van der Waals surface area contributed by atoms with Gasteiger partial charge in [-0.3, -0.25) is 4.79 Å². The fourth-order valence-electron chi connectivity index (χ4n) is 2.02. The summed E-state index contributed by atoms with van der Waals surface area (Å²) < 4.78 is 23.5. The molecule has 1 heterocycles. The Morgan fingerprint density at radius 3 is 2.54 bits per heavy atom. The highest BCUT2D eigenvalue weighted by Gasteiger charge is 2.66. The maximum atomic E-state index is 11.1. The lowest BCUT2D eigenvalue weighted by Crippen LogP contribution is -2.32. The van der Waals surface area contributed by atoms with Crippen molar-refractivity contribution in [2.24, 2.45) is 11.3 Å². The van der Waals surface area contributed by atoms with Crippen LogP contribution in [0.3, 0.4) is 0 Å². The molecule has 0 aromatic carbocycles. The third kappa shape index (κ3) is 1.16. The van der Waals surface area contributed by atoms with Gasteiger partial charge in [0.25, 0.3) is 0 Å². The first-order valence-electron chi connectivity index (χ1n) is 4.05. The van der Waals surface area contributed by atoms with Crippen molar-refractivity contribution >= 4 is 16.0 Å². The van der Waals surface area contributed by atoms with E-state index in [4.69, 9.17) is 5.11 Å². The van der Waals surface area contributed by atoms with Crippen LogP contribution in [-0.2, 0) is 14.8 Å². The molecule has 0 aromatic rings. The third-order valence-corrected chi connectivity index (χ3v) is 4.23. The van der Waals surface area contributed by atoms with E-state index >= 15 is 0 Å². The average Bonchev–Trinajstić information content (AvgIpc) is 2.53. The van der Waals surface area contributed by atoms with Crippen molar-refractivity contribution in [1.29, 1.82) is 0 Å². The fraction of sp³-hybridized carbons (Fsp3) is 0.857. The number of hydrogen-bond donors (Lipinski definition) is 1. The van der Waals surface area contributed by atoms with E-state index in [-0.39, 0.29) is 12.5 Å². The van der Waals surface area contributed by atoms with Gasteiger partial charge in [-0.25, -0.2) is 12.7 Å². The number of carboxylic acid groups (broad SMARTS) is 1. The Labute approximate surface area is 76.4 Å². The maximum Gasteiger partial charge on any atom is 0.311 e. The maximum absolute atomic E-state index is 11.1. The lowest BCUT2D eigenvalue weighted by molar-refractivity contribution is -0.143. The number of nitrogens with zero attached hydrogens (tertiary/aromatic N) is 1. The minimum Gasteiger partial charge on any atom is -0.481 e. The summed E-state index contributed by atoms with van der Waals surface area (Å²) in [5, 5.41) is 8.88. The SMILES string of the molecule is CS(=O)(=O)N1CC2CC2(C(=O)O)C1. The van der Waals surface area contributed by atoms with Crippen LogP contribution in [0.1, 0.15) is 6.42 Å². The van der Waals surface area contributed by atoms with Crippen LogP contribution < -0.4 is 0 Å². The number of rotatable bonds is 2. The van der Waals surface area contributed by atoms with Crippen molar-refractivity contribution in [3.8, 4) is 0 Å². The van der Waals surface area contributed by atoms with Crippen LogP contribution >= 0.6 is 0 Å². The Bertz CT molecular complexity index is 363. The summed E-state index contributed by atoms with van der Waals surface area (Å²) >= 11 is 0. The fourth-order valence-corrected chi connectivity index (χ4v) is 2.94. The number of carboxylic acids is 1. The summed E-state index contributed by atoms with van der Waals surface area (Å²) in [7, 11) is -3.21. The lowest BCUT2D eigenvalue weighted by Gasteiger charge is -2.15. The third-order valence-electron chi connectivity index (χ3n) is 3.01. The summed E-state index contributed by atoms with van der Waals surface area (Å²) in [6.45, 7) is 0.539. The van der Waals surface area contributed by atoms with Crippen LogP contribution in [0.5, 0.6) is 0 Å². The zero-order valence-electron chi connectivity index (χ0n) is 7.23. The van der Waals surface area contributed by atoms with E-state index in [1.165, 1.54) is 4.31 Å². The molecule has 0 amide bonds. The number of sulfonamides is 1. The molecular formula is C7H11NO4S. The Kier molecular flexibility index (Phi) is 1.55. The zero-order chi connectivity index (χ0) is 9.85. The molecule has 2 aliphatic rings. The molecule has 0 radical (unpaired) electrons. The topological polar surface area (TPSA) is 74.7 Å². The first kappa shape index (κ1) is 8.96. The van der Waals surface area contributed by atoms with E-state index in [0.29, 0.717) is 13.0 Å². The van der Waals surface area contributed by atoms with E-state index in [1.54, 1.807) is 0 Å². The molecule has 0 aromatic heterocycles. The summed E-state index contributed by atoms with van der Waals surface area (Å²) in [6.07, 6.45) is 1.75. The molecule has 0 spiro atoms. The quantitative estimate of drug-likeness (QED) is 0.650. The highest BCUT2D eigenvalue weighted by molar-refractivity contribution is 7.88. The summed E-state index contributed by atoms with van der Waals surface area (Å²) in [5.41, 5.74) is -0.747. The molecule has 1 aliphatic carbocycles. The van der Waals surface area contributed by atoms with Crippen LogP contribution in [0.25, 0.3) is 0 Å². The van der Waals surface area contributed by atoms with Gasteiger partial charge in [0.15, 0.2) is 0 Å². The van der Waals surface area contributed by atoms with Crippen molar-refractivity contribution in [2.45, 2.75) is 6.42 Å². The Hall–Kier alpha value is -0.620. The standard InChI is InChI=1S/C7H11NO4S/c1-13(11,12)8-3-5-2-7(5,4-8)6(9)10/h5H,2-4H2,1H3,(H,9,10). The second-order valence-electron chi connectivity index (χ2n) is 3.92. The molecule has 0 bridgehead atoms. The summed E-state index contributed by atoms with van der Waals surface area (Å²) in [5.74, 6) is -0.816. The molecule has 5 nitrogen and oxygen atoms in total. The van der Waals surface area contributed by atoms with Gasteiger partial charge in [0, 0.05) is 13.1 Å². The molecule has 1 saturated carbocycles. The molecule has 2 rings (SSSR count). The summed E-state index contributed by atoms with van der Waals surface area (Å²) in [4.78, 5) is 10.8. The number of hydrogen-bond acceptors (Lipinski definition) is 3. The largest absolute Gasteiger partial charge is 0.481 e. The van der Waals surface area contributed by atoms with E-state index in [2.05, 4.69) is 0 Å². The molecule has 2 atom stereocenters. The zero-order valence-corrected chi connectivity index (χ0v) is 8.04. The molecule has 2 fully saturated rings. The van der Waals surface area contributed by atoms with Crippen LogP contribution in [0.15, 0.2) is 0 Å². The van der Waals surface area contributed by atoms with Crippen molar-refractivity contribution in [1.82, 2.24) is 4.31 Å². The van der Waals surface area contributed by atoms with Crippen LogP contribution in [0.2, 0.25) is 0 Å². The molecule has 6 heteroatoms. The normalized spacial score (nSPS) is 38.7. The van der Waals surface area contributed by atoms with Gasteiger partial charge in [-0.15, -0.1) is 0 Å². The van der Waals surface area contributed by atoms with Crippen molar-refractivity contribution in [3.63, 3.8) is 0 Å². The van der Waals surface area contributed by atoms with Crippen molar-refractivity contribution < 1.29 is 18.3 Å². The van der Waals surface area contributed by atoms with Gasteiger partial charge in [-0.2, -0.15) is 0 Å². The molecule has 1 N–H and O–H groups in total. The highest BCUT2D eigenvalue weighted by Crippen LogP contribution is 2.58. The number of carbonyl (C=O) groups is 1. The summed E-state index contributed by atoms with van der Waals surface area (Å²) in [6, 6.07) is 0. The molecule has 74 valence electrons. The van der Waals surface area contributed by atoms with Crippen molar-refractivity contribution in [2.75, 3.05) is 19.3 Å². The smallest absolute Gasteiger partial charge is 0.311 e. The molecular weight excluding hydrogens is 194 g/mol. The van der Waals surface area contributed by atoms with Crippen LogP contribution in [0, 0.1) is 11.3 Å². The Morgan fingerprint density at radius 2 is 2.23 bits per heavy atom. The number of fused-ring (bicyclic) bond motifs is 1. The van der Waals surface area contributed by atoms with Crippen LogP contribution in [0.4, 0.5) is 0 Å².